The van der Waals surface area contributed by atoms with Gasteiger partial charge in [0.1, 0.15) is 17.5 Å². The molecule has 1 saturated heterocycles. The predicted octanol–water partition coefficient (Wildman–Crippen LogP) is 5.77. The number of hydrogen-bond acceptors (Lipinski definition) is 6. The van der Waals surface area contributed by atoms with Crippen LogP contribution < -0.4 is 5.32 Å². The molecule has 176 valence electrons. The number of benzene rings is 1. The molecule has 3 aromatic rings. The van der Waals surface area contributed by atoms with E-state index < -0.39 is 24.0 Å². The number of halogens is 1. The lowest BCUT2D eigenvalue weighted by atomic mass is 10.2. The monoisotopic (exact) mass is 488 g/mol. The number of hydrogen-bond donors (Lipinski definition) is 2. The molecule has 9 heteroatoms. The molecule has 1 aliphatic heterocycles. The number of carbonyl (C=O) groups is 1. The summed E-state index contributed by atoms with van der Waals surface area (Å²) in [4.78, 5) is 20.2. The van der Waals surface area contributed by atoms with Crippen molar-refractivity contribution >= 4 is 35.0 Å². The summed E-state index contributed by atoms with van der Waals surface area (Å²) in [5.74, 6) is 0.483. The molecule has 1 amide bonds. The molecule has 1 fully saturated rings. The zero-order valence-electron chi connectivity index (χ0n) is 19.2. The number of amides is 1. The van der Waals surface area contributed by atoms with Gasteiger partial charge in [-0.1, -0.05) is 29.8 Å². The number of nitrogens with one attached hydrogen (secondary N) is 1. The van der Waals surface area contributed by atoms with Gasteiger partial charge in [0.25, 0.3) is 0 Å². The van der Waals surface area contributed by atoms with E-state index in [1.54, 1.807) is 4.90 Å². The van der Waals surface area contributed by atoms with Crippen molar-refractivity contribution in [1.82, 2.24) is 14.5 Å². The first-order valence-electron chi connectivity index (χ1n) is 11.0. The normalized spacial score (nSPS) is 19.5. The third-order valence-electron chi connectivity index (χ3n) is 5.52. The minimum Gasteiger partial charge on any atom is -0.444 e. The van der Waals surface area contributed by atoms with Crippen LogP contribution in [0.15, 0.2) is 48.7 Å². The zero-order valence-corrected chi connectivity index (χ0v) is 20.7. The maximum atomic E-state index is 12.9. The van der Waals surface area contributed by atoms with Gasteiger partial charge in [-0.25, -0.2) is 9.78 Å². The van der Waals surface area contributed by atoms with E-state index in [9.17, 15) is 9.90 Å². The molecule has 7 nitrogen and oxygen atoms in total. The van der Waals surface area contributed by atoms with Gasteiger partial charge in [0.05, 0.1) is 15.3 Å². The largest absolute Gasteiger partial charge is 0.444 e. The molecule has 0 bridgehead atoms. The van der Waals surface area contributed by atoms with Gasteiger partial charge in [0.2, 0.25) is 5.95 Å². The molecule has 33 heavy (non-hydrogen) atoms. The Morgan fingerprint density at radius 3 is 2.61 bits per heavy atom. The number of ether oxygens (including phenoxy) is 1. The molecule has 3 unspecified atom stereocenters. The van der Waals surface area contributed by atoms with E-state index in [4.69, 9.17) is 21.3 Å². The average Bonchev–Trinajstić information content (AvgIpc) is 3.45. The molecule has 2 N–H and O–H groups in total. The van der Waals surface area contributed by atoms with Crippen LogP contribution in [0.25, 0.3) is 16.3 Å². The van der Waals surface area contributed by atoms with Crippen molar-refractivity contribution < 1.29 is 14.6 Å². The summed E-state index contributed by atoms with van der Waals surface area (Å²) in [6.45, 7) is 7.49. The van der Waals surface area contributed by atoms with E-state index in [1.807, 2.05) is 80.9 Å². The van der Waals surface area contributed by atoms with Crippen LogP contribution in [0, 0.1) is 0 Å². The van der Waals surface area contributed by atoms with Gasteiger partial charge in [-0.2, -0.15) is 0 Å². The molecule has 3 atom stereocenters. The van der Waals surface area contributed by atoms with Crippen LogP contribution in [0.2, 0.25) is 4.34 Å². The summed E-state index contributed by atoms with van der Waals surface area (Å²) in [7, 11) is 0. The highest BCUT2D eigenvalue weighted by Gasteiger charge is 2.41. The number of anilines is 1. The second-order valence-electron chi connectivity index (χ2n) is 9.23. The van der Waals surface area contributed by atoms with E-state index in [2.05, 4.69) is 5.32 Å². The second kappa shape index (κ2) is 9.37. The van der Waals surface area contributed by atoms with Crippen molar-refractivity contribution in [3.05, 3.63) is 53.0 Å². The van der Waals surface area contributed by atoms with Crippen molar-refractivity contribution in [2.45, 2.75) is 64.4 Å². The molecule has 1 aliphatic rings. The number of thiophene rings is 1. The van der Waals surface area contributed by atoms with Crippen molar-refractivity contribution in [2.75, 3.05) is 5.32 Å². The summed E-state index contributed by atoms with van der Waals surface area (Å²) < 4.78 is 8.17. The Bertz CT molecular complexity index is 1110. The van der Waals surface area contributed by atoms with Crippen molar-refractivity contribution in [3.63, 3.8) is 0 Å². The van der Waals surface area contributed by atoms with Crippen LogP contribution >= 0.6 is 22.9 Å². The number of aliphatic hydroxyl groups excluding tert-OH is 1. The van der Waals surface area contributed by atoms with Gasteiger partial charge < -0.3 is 15.2 Å². The lowest BCUT2D eigenvalue weighted by molar-refractivity contribution is 0.00147. The Hall–Kier alpha value is -2.55. The standard InChI is InChI=1S/C24H29ClN4O3S/c1-15-10-11-18(29(15)23(31)32-24(2,3)4)21(30)27-22-26-17(19-12-13-20(25)33-19)14-28(22)16-8-6-5-7-9-16/h5-9,12-15,18,21,30H,10-11H2,1-4H3,(H,26,27). The Morgan fingerprint density at radius 2 is 1.97 bits per heavy atom. The first-order valence-corrected chi connectivity index (χ1v) is 12.2. The quantitative estimate of drug-likeness (QED) is 0.445. The molecule has 0 spiro atoms. The van der Waals surface area contributed by atoms with E-state index >= 15 is 0 Å². The summed E-state index contributed by atoms with van der Waals surface area (Å²) in [5, 5.41) is 14.3. The Morgan fingerprint density at radius 1 is 1.24 bits per heavy atom. The van der Waals surface area contributed by atoms with Crippen LogP contribution in [0.3, 0.4) is 0 Å². The van der Waals surface area contributed by atoms with E-state index in [-0.39, 0.29) is 6.04 Å². The van der Waals surface area contributed by atoms with Gasteiger partial charge >= 0.3 is 6.09 Å². The topological polar surface area (TPSA) is 79.6 Å². The summed E-state index contributed by atoms with van der Waals surface area (Å²) in [6, 6.07) is 13.1. The molecule has 0 saturated carbocycles. The van der Waals surface area contributed by atoms with Crippen LogP contribution in [0.5, 0.6) is 0 Å². The number of imidazole rings is 1. The molecule has 0 aliphatic carbocycles. The Kier molecular flexibility index (Phi) is 6.70. The van der Waals surface area contributed by atoms with Gasteiger partial charge in [0, 0.05) is 17.9 Å². The SMILES string of the molecule is CC1CCC(C(O)Nc2nc(-c3ccc(Cl)s3)cn2-c2ccccc2)N1C(=O)OC(C)(C)C. The summed E-state index contributed by atoms with van der Waals surface area (Å²) in [5.41, 5.74) is 1.04. The van der Waals surface area contributed by atoms with Gasteiger partial charge in [-0.05, 0) is 64.8 Å². The smallest absolute Gasteiger partial charge is 0.410 e. The maximum Gasteiger partial charge on any atom is 0.410 e. The van der Waals surface area contributed by atoms with E-state index in [0.29, 0.717) is 16.7 Å². The van der Waals surface area contributed by atoms with Crippen LogP contribution in [0.1, 0.15) is 40.5 Å². The van der Waals surface area contributed by atoms with E-state index in [1.165, 1.54) is 11.3 Å². The fourth-order valence-corrected chi connectivity index (χ4v) is 5.02. The molecular weight excluding hydrogens is 460 g/mol. The highest BCUT2D eigenvalue weighted by molar-refractivity contribution is 7.19. The molecule has 3 heterocycles. The highest BCUT2D eigenvalue weighted by atomic mass is 35.5. The van der Waals surface area contributed by atoms with Crippen molar-refractivity contribution in [2.24, 2.45) is 0 Å². The minimum atomic E-state index is -1.02. The molecular formula is C24H29ClN4O3S. The second-order valence-corrected chi connectivity index (χ2v) is 10.9. The number of nitrogens with zero attached hydrogens (tertiary/aromatic N) is 3. The first kappa shape index (κ1) is 23.6. The lowest BCUT2D eigenvalue weighted by Gasteiger charge is -2.33. The number of carbonyl (C=O) groups excluding carboxylic acids is 1. The van der Waals surface area contributed by atoms with Crippen LogP contribution in [0.4, 0.5) is 10.7 Å². The van der Waals surface area contributed by atoms with Gasteiger partial charge in [0.15, 0.2) is 0 Å². The maximum absolute atomic E-state index is 12.9. The molecule has 0 radical (unpaired) electrons. The number of aliphatic hydroxyl groups is 1. The fourth-order valence-electron chi connectivity index (χ4n) is 4.02. The zero-order chi connectivity index (χ0) is 23.8. The first-order chi connectivity index (χ1) is 15.6. The fraction of sp³-hybridized carbons (Fsp3) is 0.417. The highest BCUT2D eigenvalue weighted by Crippen LogP contribution is 2.33. The van der Waals surface area contributed by atoms with Crippen LogP contribution in [-0.2, 0) is 4.74 Å². The van der Waals surface area contributed by atoms with Crippen molar-refractivity contribution in [1.29, 1.82) is 0 Å². The lowest BCUT2D eigenvalue weighted by Crippen LogP contribution is -2.50. The van der Waals surface area contributed by atoms with Crippen molar-refractivity contribution in [3.8, 4) is 16.3 Å². The van der Waals surface area contributed by atoms with Gasteiger partial charge in [-0.3, -0.25) is 9.47 Å². The summed E-state index contributed by atoms with van der Waals surface area (Å²) in [6.07, 6.45) is 1.92. The van der Waals surface area contributed by atoms with E-state index in [0.717, 1.165) is 22.7 Å². The minimum absolute atomic E-state index is 0.0287. The average molecular weight is 489 g/mol. The Balaban J connectivity index is 1.62. The number of rotatable bonds is 5. The third kappa shape index (κ3) is 5.34. The predicted molar refractivity (Wildman–Crippen MR) is 132 cm³/mol. The molecule has 1 aromatic carbocycles. The summed E-state index contributed by atoms with van der Waals surface area (Å²) >= 11 is 7.57. The van der Waals surface area contributed by atoms with Crippen LogP contribution in [-0.4, -0.2) is 49.6 Å². The number of likely N-dealkylation sites (tertiary alicyclic amines) is 1. The number of para-hydroxylation sites is 1. The molecule has 4 rings (SSSR count). The molecule has 2 aromatic heterocycles. The number of aromatic nitrogens is 2. The Labute approximate surface area is 203 Å². The third-order valence-corrected chi connectivity index (χ3v) is 6.78. The van der Waals surface area contributed by atoms with Gasteiger partial charge in [-0.15, -0.1) is 11.3 Å².